The fraction of sp³-hybridized carbons (Fsp3) is 0.148. The van der Waals surface area contributed by atoms with Gasteiger partial charge in [-0.3, -0.25) is 14.9 Å². The van der Waals surface area contributed by atoms with Crippen LogP contribution in [0.25, 0.3) is 0 Å². The molecule has 35 heavy (non-hydrogen) atoms. The van der Waals surface area contributed by atoms with E-state index in [0.29, 0.717) is 11.5 Å². The van der Waals surface area contributed by atoms with Crippen molar-refractivity contribution < 1.29 is 18.9 Å². The lowest BCUT2D eigenvalue weighted by Crippen LogP contribution is -2.18. The Labute approximate surface area is 207 Å². The van der Waals surface area contributed by atoms with Crippen molar-refractivity contribution in [1.29, 1.82) is 0 Å². The number of anilines is 1. The number of carbonyl (C=O) groups excluding carboxylic acids is 1. The van der Waals surface area contributed by atoms with Gasteiger partial charge in [0.15, 0.2) is 5.76 Å². The Kier molecular flexibility index (Phi) is 6.89. The second-order valence-corrected chi connectivity index (χ2v) is 8.88. The second kappa shape index (κ2) is 10.0. The van der Waals surface area contributed by atoms with Crippen molar-refractivity contribution in [2.24, 2.45) is 0 Å². The molecule has 8 heteroatoms. The average Bonchev–Trinajstić information content (AvgIpc) is 3.34. The first-order chi connectivity index (χ1) is 16.7. The van der Waals surface area contributed by atoms with Crippen molar-refractivity contribution in [2.45, 2.75) is 25.9 Å². The van der Waals surface area contributed by atoms with E-state index in [-0.39, 0.29) is 34.2 Å². The highest BCUT2D eigenvalue weighted by atomic mass is 35.5. The summed E-state index contributed by atoms with van der Waals surface area (Å²) in [4.78, 5) is 23.1. The van der Waals surface area contributed by atoms with E-state index in [1.807, 2.05) is 42.5 Å². The highest BCUT2D eigenvalue weighted by Crippen LogP contribution is 2.32. The minimum absolute atomic E-state index is 0.00723. The highest BCUT2D eigenvalue weighted by molar-refractivity contribution is 6.31. The van der Waals surface area contributed by atoms with E-state index in [9.17, 15) is 14.9 Å². The molecule has 0 fully saturated rings. The molecule has 0 aliphatic heterocycles. The minimum atomic E-state index is -0.617. The molecule has 1 heterocycles. The number of nitrogens with zero attached hydrogens (tertiary/aromatic N) is 1. The zero-order valence-corrected chi connectivity index (χ0v) is 19.9. The normalized spacial score (nSPS) is 11.2. The molecule has 4 aromatic rings. The zero-order chi connectivity index (χ0) is 25.0. The van der Waals surface area contributed by atoms with Crippen LogP contribution in [0.5, 0.6) is 5.75 Å². The Hall–Kier alpha value is -4.10. The Morgan fingerprint density at radius 2 is 1.69 bits per heavy atom. The molecule has 0 bridgehead atoms. The number of nitro groups is 1. The molecule has 1 amide bonds. The third kappa shape index (κ3) is 5.53. The van der Waals surface area contributed by atoms with Gasteiger partial charge in [0.1, 0.15) is 23.8 Å². The molecule has 1 N–H and O–H groups in total. The molecule has 0 saturated heterocycles. The summed E-state index contributed by atoms with van der Waals surface area (Å²) in [6, 6.07) is 25.3. The predicted molar refractivity (Wildman–Crippen MR) is 134 cm³/mol. The number of nitrogens with one attached hydrogen (secondary N) is 1. The predicted octanol–water partition coefficient (Wildman–Crippen LogP) is 7.00. The van der Waals surface area contributed by atoms with Gasteiger partial charge in [-0.25, -0.2) is 0 Å². The molecule has 178 valence electrons. The Morgan fingerprint density at radius 3 is 2.37 bits per heavy atom. The first-order valence-corrected chi connectivity index (χ1v) is 11.2. The van der Waals surface area contributed by atoms with Crippen molar-refractivity contribution in [2.75, 3.05) is 5.32 Å². The van der Waals surface area contributed by atoms with Gasteiger partial charge in [0, 0.05) is 16.5 Å². The van der Waals surface area contributed by atoms with Gasteiger partial charge in [-0.2, -0.15) is 0 Å². The van der Waals surface area contributed by atoms with Gasteiger partial charge in [-0.05, 0) is 47.5 Å². The number of halogens is 1. The average molecular weight is 491 g/mol. The molecule has 4 rings (SSSR count). The fourth-order valence-corrected chi connectivity index (χ4v) is 3.83. The summed E-state index contributed by atoms with van der Waals surface area (Å²) in [5, 5.41) is 13.9. The van der Waals surface area contributed by atoms with Crippen molar-refractivity contribution >= 4 is 28.9 Å². The molecule has 0 aliphatic carbocycles. The summed E-state index contributed by atoms with van der Waals surface area (Å²) in [5.41, 5.74) is 1.95. The molecule has 7 nitrogen and oxygen atoms in total. The number of nitro benzene ring substituents is 1. The summed E-state index contributed by atoms with van der Waals surface area (Å²) in [6.45, 7) is 4.47. The van der Waals surface area contributed by atoms with Crippen LogP contribution in [-0.4, -0.2) is 10.8 Å². The van der Waals surface area contributed by atoms with Gasteiger partial charge in [0.2, 0.25) is 0 Å². The maximum Gasteiger partial charge on any atom is 0.294 e. The molecule has 0 unspecified atom stereocenters. The van der Waals surface area contributed by atoms with E-state index in [0.717, 1.165) is 5.56 Å². The molecule has 3 aromatic carbocycles. The number of carbonyl (C=O) groups is 1. The summed E-state index contributed by atoms with van der Waals surface area (Å²) < 4.78 is 11.4. The van der Waals surface area contributed by atoms with Crippen LogP contribution in [0.3, 0.4) is 0 Å². The SMILES string of the molecule is CC(C)(c1ccccc1)c1ccc(OCc2ccc(C(=O)Nc3ccc(Cl)cc3[N+](=O)[O-])o2)cc1. The fourth-order valence-electron chi connectivity index (χ4n) is 3.67. The number of furan rings is 1. The Bertz CT molecular complexity index is 1350. The van der Waals surface area contributed by atoms with Crippen molar-refractivity contribution in [3.05, 3.63) is 123 Å². The zero-order valence-electron chi connectivity index (χ0n) is 19.2. The summed E-state index contributed by atoms with van der Waals surface area (Å²) in [7, 11) is 0. The summed E-state index contributed by atoms with van der Waals surface area (Å²) in [5.74, 6) is 0.494. The molecule has 0 saturated carbocycles. The van der Waals surface area contributed by atoms with Crippen molar-refractivity contribution in [3.63, 3.8) is 0 Å². The van der Waals surface area contributed by atoms with Gasteiger partial charge >= 0.3 is 0 Å². The monoisotopic (exact) mass is 490 g/mol. The number of amides is 1. The third-order valence-corrected chi connectivity index (χ3v) is 5.98. The van der Waals surface area contributed by atoms with Crippen molar-refractivity contribution in [1.82, 2.24) is 0 Å². The number of hydrogen-bond acceptors (Lipinski definition) is 5. The lowest BCUT2D eigenvalue weighted by molar-refractivity contribution is -0.383. The van der Waals surface area contributed by atoms with Gasteiger partial charge < -0.3 is 14.5 Å². The van der Waals surface area contributed by atoms with Crippen LogP contribution in [0.1, 0.15) is 41.3 Å². The maximum atomic E-state index is 12.5. The van der Waals surface area contributed by atoms with Crippen LogP contribution >= 0.6 is 11.6 Å². The van der Waals surface area contributed by atoms with Gasteiger partial charge in [-0.1, -0.05) is 67.9 Å². The molecular weight excluding hydrogens is 468 g/mol. The van der Waals surface area contributed by atoms with E-state index in [4.69, 9.17) is 20.8 Å². The molecule has 1 aromatic heterocycles. The van der Waals surface area contributed by atoms with Crippen LogP contribution in [0.2, 0.25) is 5.02 Å². The smallest absolute Gasteiger partial charge is 0.294 e. The number of hydrogen-bond donors (Lipinski definition) is 1. The standard InChI is InChI=1S/C27H23ClN2O5/c1-27(2,18-6-4-3-5-7-18)19-8-11-21(12-9-19)34-17-22-13-15-25(35-22)26(31)29-23-14-10-20(28)16-24(23)30(32)33/h3-16H,17H2,1-2H3,(H,29,31). The first-order valence-electron chi connectivity index (χ1n) is 10.9. The van der Waals surface area contributed by atoms with E-state index >= 15 is 0 Å². The third-order valence-electron chi connectivity index (χ3n) is 5.74. The molecule has 0 atom stereocenters. The number of benzene rings is 3. The lowest BCUT2D eigenvalue weighted by atomic mass is 9.78. The molecule has 0 spiro atoms. The van der Waals surface area contributed by atoms with E-state index < -0.39 is 10.8 Å². The van der Waals surface area contributed by atoms with Crippen LogP contribution in [-0.2, 0) is 12.0 Å². The number of ether oxygens (including phenoxy) is 1. The highest BCUT2D eigenvalue weighted by Gasteiger charge is 2.23. The van der Waals surface area contributed by atoms with Crippen LogP contribution in [0, 0.1) is 10.1 Å². The van der Waals surface area contributed by atoms with Crippen molar-refractivity contribution in [3.8, 4) is 5.75 Å². The Balaban J connectivity index is 1.38. The van der Waals surface area contributed by atoms with Crippen LogP contribution < -0.4 is 10.1 Å². The van der Waals surface area contributed by atoms with E-state index in [1.54, 1.807) is 6.07 Å². The second-order valence-electron chi connectivity index (χ2n) is 8.44. The Morgan fingerprint density at radius 1 is 1.00 bits per heavy atom. The lowest BCUT2D eigenvalue weighted by Gasteiger charge is -2.26. The van der Waals surface area contributed by atoms with E-state index in [2.05, 4.69) is 31.3 Å². The van der Waals surface area contributed by atoms with Crippen LogP contribution in [0.4, 0.5) is 11.4 Å². The minimum Gasteiger partial charge on any atom is -0.486 e. The first kappa shape index (κ1) is 24.0. The molecule has 0 radical (unpaired) electrons. The summed E-state index contributed by atoms with van der Waals surface area (Å²) in [6.07, 6.45) is 0. The quantitative estimate of drug-likeness (QED) is 0.212. The summed E-state index contributed by atoms with van der Waals surface area (Å²) >= 11 is 5.81. The molecule has 0 aliphatic rings. The maximum absolute atomic E-state index is 12.5. The van der Waals surface area contributed by atoms with Gasteiger partial charge in [0.25, 0.3) is 11.6 Å². The molecular formula is C27H23ClN2O5. The number of rotatable bonds is 8. The van der Waals surface area contributed by atoms with Crippen LogP contribution in [0.15, 0.2) is 89.3 Å². The topological polar surface area (TPSA) is 94.6 Å². The van der Waals surface area contributed by atoms with Gasteiger partial charge in [0.05, 0.1) is 4.92 Å². The van der Waals surface area contributed by atoms with Gasteiger partial charge in [-0.15, -0.1) is 0 Å². The largest absolute Gasteiger partial charge is 0.486 e. The van der Waals surface area contributed by atoms with E-state index in [1.165, 1.54) is 29.8 Å².